The van der Waals surface area contributed by atoms with Crippen LogP contribution in [0.5, 0.6) is 5.75 Å². The third-order valence-corrected chi connectivity index (χ3v) is 1.93. The fourth-order valence-electron chi connectivity index (χ4n) is 0.780. The predicted octanol–water partition coefficient (Wildman–Crippen LogP) is 1.84. The average Bonchev–Trinajstić information content (AvgIpc) is 2.36. The molecule has 0 atom stereocenters. The normalized spacial score (nSPS) is 10.4. The summed E-state index contributed by atoms with van der Waals surface area (Å²) >= 11 is 1.24. The highest BCUT2D eigenvalue weighted by Gasteiger charge is 2.02. The van der Waals surface area contributed by atoms with E-state index in [0.29, 0.717) is 5.52 Å². The van der Waals surface area contributed by atoms with Crippen molar-refractivity contribution >= 4 is 21.7 Å². The molecule has 2 rings (SSSR count). The Morgan fingerprint density at radius 1 is 1.40 bits per heavy atom. The second-order valence-corrected chi connectivity index (χ2v) is 2.66. The minimum atomic E-state index is -0.0498. The minimum absolute atomic E-state index is 0.0498. The van der Waals surface area contributed by atoms with Crippen molar-refractivity contribution in [1.29, 1.82) is 0 Å². The number of hydrogen-bond acceptors (Lipinski definition) is 3. The molecule has 0 aliphatic rings. The fraction of sp³-hybridized carbons (Fsp3) is 0. The molecular formula is C6H3N2OS. The molecule has 0 spiro atoms. The lowest BCUT2D eigenvalue weighted by Gasteiger charge is -1.83. The van der Waals surface area contributed by atoms with Crippen molar-refractivity contribution < 1.29 is 5.11 Å². The molecule has 0 aliphatic heterocycles. The zero-order chi connectivity index (χ0) is 6.97. The third-order valence-electron chi connectivity index (χ3n) is 1.24. The van der Waals surface area contributed by atoms with E-state index in [9.17, 15) is 5.11 Å². The van der Waals surface area contributed by atoms with E-state index >= 15 is 0 Å². The van der Waals surface area contributed by atoms with Gasteiger partial charge in [-0.05, 0) is 23.7 Å². The second kappa shape index (κ2) is 1.91. The lowest BCUT2D eigenvalue weighted by molar-refractivity contribution is 0.359. The van der Waals surface area contributed by atoms with Crippen LogP contribution in [-0.4, -0.2) is 9.59 Å². The Kier molecular flexibility index (Phi) is 1.07. The van der Waals surface area contributed by atoms with Crippen molar-refractivity contribution in [2.24, 2.45) is 0 Å². The van der Waals surface area contributed by atoms with Gasteiger partial charge in [-0.15, -0.1) is 5.10 Å². The Bertz CT molecular complexity index is 357. The molecule has 0 fully saturated rings. The van der Waals surface area contributed by atoms with E-state index < -0.39 is 0 Å². The maximum Gasteiger partial charge on any atom is 0.207 e. The highest BCUT2D eigenvalue weighted by molar-refractivity contribution is 7.13. The molecule has 1 aromatic heterocycles. The first-order valence-electron chi connectivity index (χ1n) is 2.76. The van der Waals surface area contributed by atoms with E-state index in [-0.39, 0.29) is 5.75 Å². The molecule has 0 amide bonds. The number of hydrogen-bond donors (Lipinski definition) is 0. The zero-order valence-corrected chi connectivity index (χ0v) is 5.76. The van der Waals surface area contributed by atoms with Crippen LogP contribution in [0.1, 0.15) is 0 Å². The molecule has 4 heteroatoms. The van der Waals surface area contributed by atoms with Crippen molar-refractivity contribution in [3.8, 4) is 5.75 Å². The first-order valence-corrected chi connectivity index (χ1v) is 3.53. The van der Waals surface area contributed by atoms with E-state index in [1.807, 2.05) is 6.07 Å². The molecule has 0 bridgehead atoms. The van der Waals surface area contributed by atoms with Crippen LogP contribution in [0, 0.1) is 0 Å². The molecule has 0 unspecified atom stereocenters. The van der Waals surface area contributed by atoms with Crippen molar-refractivity contribution in [1.82, 2.24) is 9.59 Å². The molecule has 0 saturated heterocycles. The van der Waals surface area contributed by atoms with Gasteiger partial charge in [0.05, 0.1) is 4.70 Å². The van der Waals surface area contributed by atoms with E-state index in [4.69, 9.17) is 0 Å². The Morgan fingerprint density at radius 2 is 2.30 bits per heavy atom. The zero-order valence-electron chi connectivity index (χ0n) is 4.94. The Morgan fingerprint density at radius 3 is 3.10 bits per heavy atom. The van der Waals surface area contributed by atoms with Gasteiger partial charge in [0, 0.05) is 0 Å². The average molecular weight is 151 g/mol. The summed E-state index contributed by atoms with van der Waals surface area (Å²) in [5, 5.41) is 14.6. The van der Waals surface area contributed by atoms with Gasteiger partial charge in [-0.1, -0.05) is 10.6 Å². The van der Waals surface area contributed by atoms with Gasteiger partial charge < -0.3 is 0 Å². The van der Waals surface area contributed by atoms with Crippen LogP contribution in [-0.2, 0) is 5.11 Å². The summed E-state index contributed by atoms with van der Waals surface area (Å²) in [4.78, 5) is 0. The first kappa shape index (κ1) is 5.61. The minimum Gasteiger partial charge on any atom is -0.287 e. The van der Waals surface area contributed by atoms with E-state index in [2.05, 4.69) is 9.59 Å². The second-order valence-electron chi connectivity index (χ2n) is 1.88. The maximum atomic E-state index is 10.9. The topological polar surface area (TPSA) is 45.7 Å². The monoisotopic (exact) mass is 151 g/mol. The summed E-state index contributed by atoms with van der Waals surface area (Å²) in [5.74, 6) is -0.0498. The Hall–Kier alpha value is -1.16. The standard InChI is InChI=1S/C6H3N2OS/c9-4-2-1-3-5-6(4)7-8-10-5/h1-3H. The lowest BCUT2D eigenvalue weighted by Crippen LogP contribution is -1.67. The summed E-state index contributed by atoms with van der Waals surface area (Å²) in [6.45, 7) is 0. The van der Waals surface area contributed by atoms with Crippen molar-refractivity contribution in [3.05, 3.63) is 18.2 Å². The van der Waals surface area contributed by atoms with E-state index in [0.717, 1.165) is 4.70 Å². The van der Waals surface area contributed by atoms with Gasteiger partial charge >= 0.3 is 0 Å². The van der Waals surface area contributed by atoms with Gasteiger partial charge in [0.1, 0.15) is 0 Å². The van der Waals surface area contributed by atoms with Crippen LogP contribution in [0.25, 0.3) is 10.2 Å². The van der Waals surface area contributed by atoms with Gasteiger partial charge in [0.25, 0.3) is 0 Å². The Labute approximate surface area is 61.1 Å². The number of fused-ring (bicyclic) bond motifs is 1. The SMILES string of the molecule is [O]c1cccc2snnc12. The Balaban J connectivity index is 2.95. The molecule has 0 aliphatic carbocycles. The fourth-order valence-corrected chi connectivity index (χ4v) is 1.36. The van der Waals surface area contributed by atoms with Crippen LogP contribution in [0.15, 0.2) is 18.2 Å². The molecule has 49 valence electrons. The molecule has 0 saturated carbocycles. The van der Waals surface area contributed by atoms with E-state index in [1.165, 1.54) is 17.6 Å². The molecule has 3 nitrogen and oxygen atoms in total. The van der Waals surface area contributed by atoms with Gasteiger partial charge in [-0.25, -0.2) is 0 Å². The highest BCUT2D eigenvalue weighted by atomic mass is 32.1. The molecule has 2 aromatic rings. The quantitative estimate of drug-likeness (QED) is 0.576. The number of aromatic nitrogens is 2. The van der Waals surface area contributed by atoms with Gasteiger partial charge in [0.15, 0.2) is 5.52 Å². The van der Waals surface area contributed by atoms with Gasteiger partial charge in [0.2, 0.25) is 5.75 Å². The van der Waals surface area contributed by atoms with Crippen LogP contribution in [0.4, 0.5) is 0 Å². The summed E-state index contributed by atoms with van der Waals surface area (Å²) in [5.41, 5.74) is 0.479. The molecule has 1 radical (unpaired) electrons. The summed E-state index contributed by atoms with van der Waals surface area (Å²) in [6.07, 6.45) is 0. The summed E-state index contributed by atoms with van der Waals surface area (Å²) in [7, 11) is 0. The predicted molar refractivity (Wildman–Crippen MR) is 37.5 cm³/mol. The maximum absolute atomic E-state index is 10.9. The summed E-state index contributed by atoms with van der Waals surface area (Å²) < 4.78 is 4.51. The number of rotatable bonds is 0. The smallest absolute Gasteiger partial charge is 0.207 e. The van der Waals surface area contributed by atoms with Crippen LogP contribution >= 0.6 is 11.5 Å². The number of nitrogens with zero attached hydrogens (tertiary/aromatic N) is 2. The molecular weight excluding hydrogens is 148 g/mol. The van der Waals surface area contributed by atoms with Crippen LogP contribution in [0.2, 0.25) is 0 Å². The highest BCUT2D eigenvalue weighted by Crippen LogP contribution is 2.23. The number of benzene rings is 1. The van der Waals surface area contributed by atoms with Crippen LogP contribution in [0.3, 0.4) is 0 Å². The third kappa shape index (κ3) is 0.657. The van der Waals surface area contributed by atoms with Crippen molar-refractivity contribution in [3.63, 3.8) is 0 Å². The van der Waals surface area contributed by atoms with Crippen molar-refractivity contribution in [2.75, 3.05) is 0 Å². The molecule has 10 heavy (non-hydrogen) atoms. The lowest BCUT2D eigenvalue weighted by atomic mass is 10.3. The summed E-state index contributed by atoms with van der Waals surface area (Å²) in [6, 6.07) is 5.04. The largest absolute Gasteiger partial charge is 0.287 e. The molecule has 0 N–H and O–H groups in total. The van der Waals surface area contributed by atoms with Gasteiger partial charge in [-0.2, -0.15) is 0 Å². The molecule has 1 aromatic carbocycles. The van der Waals surface area contributed by atoms with E-state index in [1.54, 1.807) is 6.07 Å². The first-order chi connectivity index (χ1) is 4.88. The van der Waals surface area contributed by atoms with Crippen molar-refractivity contribution in [2.45, 2.75) is 0 Å². The van der Waals surface area contributed by atoms with Gasteiger partial charge in [-0.3, -0.25) is 5.11 Å². The molecule has 1 heterocycles. The van der Waals surface area contributed by atoms with Crippen LogP contribution < -0.4 is 0 Å².